The van der Waals surface area contributed by atoms with Crippen LogP contribution < -0.4 is 10.6 Å². The van der Waals surface area contributed by atoms with Gasteiger partial charge in [0.25, 0.3) is 5.91 Å². The summed E-state index contributed by atoms with van der Waals surface area (Å²) in [5.74, 6) is 0.817. The molecule has 1 amide bonds. The maximum atomic E-state index is 13.4. The Bertz CT molecular complexity index is 570. The molecular formula is C20H34N2O2. The van der Waals surface area contributed by atoms with E-state index < -0.39 is 5.60 Å². The van der Waals surface area contributed by atoms with E-state index in [1.54, 1.807) is 0 Å². The normalized spacial score (nSPS) is 48.7. The molecule has 0 radical (unpaired) electrons. The van der Waals surface area contributed by atoms with E-state index in [2.05, 4.69) is 52.2 Å². The maximum Gasteiger partial charge on any atom is 0.253 e. The predicted molar refractivity (Wildman–Crippen MR) is 94.7 cm³/mol. The van der Waals surface area contributed by atoms with Gasteiger partial charge in [-0.3, -0.25) is 4.79 Å². The van der Waals surface area contributed by atoms with Gasteiger partial charge in [0.2, 0.25) is 0 Å². The average molecular weight is 335 g/mol. The molecule has 4 rings (SSSR count). The Kier molecular flexibility index (Phi) is 3.20. The largest absolute Gasteiger partial charge is 0.364 e. The summed E-state index contributed by atoms with van der Waals surface area (Å²) in [4.78, 5) is 13.4. The molecular weight excluding hydrogens is 300 g/mol. The second-order valence-corrected chi connectivity index (χ2v) is 10.8. The summed E-state index contributed by atoms with van der Waals surface area (Å²) in [5, 5.41) is 7.11. The van der Waals surface area contributed by atoms with Crippen molar-refractivity contribution in [3.63, 3.8) is 0 Å². The standard InChI is InChI=1S/C20H34N2O2/c1-16(2)10-14(11-17(3,4)22-16)21-15(23)20-9-13-7-8-19(20,6)18(13,5)12-24-20/h13-14,22H,7-12H2,1-6H3,(H,21,23)/t13-,18-,19-,20+/m1/s1. The Hall–Kier alpha value is -0.610. The number of carbonyl (C=O) groups is 1. The third-order valence-electron chi connectivity index (χ3n) is 8.09. The topological polar surface area (TPSA) is 50.4 Å². The van der Waals surface area contributed by atoms with Crippen LogP contribution in [0, 0.1) is 16.7 Å². The van der Waals surface area contributed by atoms with Gasteiger partial charge >= 0.3 is 0 Å². The molecule has 0 aromatic carbocycles. The van der Waals surface area contributed by atoms with Crippen molar-refractivity contribution in [3.05, 3.63) is 0 Å². The highest BCUT2D eigenvalue weighted by Gasteiger charge is 2.78. The van der Waals surface area contributed by atoms with Crippen LogP contribution in [-0.2, 0) is 9.53 Å². The minimum Gasteiger partial charge on any atom is -0.364 e. The summed E-state index contributed by atoms with van der Waals surface area (Å²) in [6.45, 7) is 14.3. The summed E-state index contributed by atoms with van der Waals surface area (Å²) < 4.78 is 6.26. The molecule has 2 N–H and O–H groups in total. The second kappa shape index (κ2) is 4.56. The monoisotopic (exact) mass is 334 g/mol. The first-order valence-electron chi connectivity index (χ1n) is 9.68. The van der Waals surface area contributed by atoms with Gasteiger partial charge in [-0.1, -0.05) is 13.8 Å². The van der Waals surface area contributed by atoms with Gasteiger partial charge in [-0.05, 0) is 65.7 Å². The summed E-state index contributed by atoms with van der Waals surface area (Å²) in [6.07, 6.45) is 5.25. The molecule has 0 aromatic heterocycles. The molecule has 0 spiro atoms. The maximum absolute atomic E-state index is 13.4. The SMILES string of the molecule is CC1(C)CC(NC(=O)[C@@]23C[C@H]4CC[C@]2(C)[C@]4(C)CO3)CC(C)(C)N1. The van der Waals surface area contributed by atoms with E-state index in [1.165, 1.54) is 6.42 Å². The van der Waals surface area contributed by atoms with E-state index in [-0.39, 0.29) is 33.9 Å². The van der Waals surface area contributed by atoms with E-state index in [4.69, 9.17) is 4.74 Å². The molecule has 24 heavy (non-hydrogen) atoms. The van der Waals surface area contributed by atoms with Crippen LogP contribution in [0.15, 0.2) is 0 Å². The van der Waals surface area contributed by atoms with Crippen molar-refractivity contribution in [2.45, 2.75) is 96.4 Å². The van der Waals surface area contributed by atoms with Crippen molar-refractivity contribution < 1.29 is 9.53 Å². The zero-order valence-corrected chi connectivity index (χ0v) is 16.2. The lowest BCUT2D eigenvalue weighted by molar-refractivity contribution is -0.157. The molecule has 4 fully saturated rings. The minimum absolute atomic E-state index is 0.00665. The Morgan fingerprint density at radius 1 is 1.04 bits per heavy atom. The zero-order chi connectivity index (χ0) is 17.6. The number of amides is 1. The lowest BCUT2D eigenvalue weighted by atomic mass is 9.66. The lowest BCUT2D eigenvalue weighted by Gasteiger charge is -2.48. The number of hydrogen-bond acceptors (Lipinski definition) is 3. The van der Waals surface area contributed by atoms with E-state index in [0.29, 0.717) is 5.92 Å². The zero-order valence-electron chi connectivity index (χ0n) is 16.2. The Morgan fingerprint density at radius 3 is 2.21 bits per heavy atom. The minimum atomic E-state index is -0.580. The van der Waals surface area contributed by atoms with Crippen molar-refractivity contribution in [1.82, 2.24) is 10.6 Å². The van der Waals surface area contributed by atoms with E-state index in [1.807, 2.05) is 0 Å². The summed E-state index contributed by atoms with van der Waals surface area (Å²) in [7, 11) is 0. The fraction of sp³-hybridized carbons (Fsp3) is 0.950. The average Bonchev–Trinajstić information content (AvgIpc) is 2.87. The van der Waals surface area contributed by atoms with Crippen molar-refractivity contribution in [1.29, 1.82) is 0 Å². The van der Waals surface area contributed by atoms with Crippen LogP contribution in [0.1, 0.15) is 73.6 Å². The second-order valence-electron chi connectivity index (χ2n) is 10.8. The first kappa shape index (κ1) is 16.8. The third-order valence-corrected chi connectivity index (χ3v) is 8.09. The van der Waals surface area contributed by atoms with Gasteiger partial charge < -0.3 is 15.4 Å². The molecule has 0 aromatic rings. The van der Waals surface area contributed by atoms with Gasteiger partial charge in [0.15, 0.2) is 5.60 Å². The highest BCUT2D eigenvalue weighted by molar-refractivity contribution is 5.88. The summed E-state index contributed by atoms with van der Waals surface area (Å²) >= 11 is 0. The van der Waals surface area contributed by atoms with Gasteiger partial charge in [0.05, 0.1) is 6.61 Å². The molecule has 136 valence electrons. The fourth-order valence-corrected chi connectivity index (χ4v) is 6.98. The number of piperidine rings is 1. The van der Waals surface area contributed by atoms with Gasteiger partial charge in [-0.15, -0.1) is 0 Å². The number of rotatable bonds is 2. The van der Waals surface area contributed by atoms with Crippen LogP contribution in [0.5, 0.6) is 0 Å². The van der Waals surface area contributed by atoms with Gasteiger partial charge in [0.1, 0.15) is 0 Å². The van der Waals surface area contributed by atoms with E-state index in [9.17, 15) is 4.79 Å². The quantitative estimate of drug-likeness (QED) is 0.816. The highest BCUT2D eigenvalue weighted by Crippen LogP contribution is 2.75. The van der Waals surface area contributed by atoms with Gasteiger partial charge in [-0.2, -0.15) is 0 Å². The Morgan fingerprint density at radius 2 is 1.67 bits per heavy atom. The van der Waals surface area contributed by atoms with E-state index in [0.717, 1.165) is 32.3 Å². The predicted octanol–water partition coefficient (Wildman–Crippen LogP) is 3.01. The fourth-order valence-electron chi connectivity index (χ4n) is 6.98. The summed E-state index contributed by atoms with van der Waals surface area (Å²) in [5.41, 5.74) is -0.296. The van der Waals surface area contributed by atoms with Crippen molar-refractivity contribution in [2.24, 2.45) is 16.7 Å². The lowest BCUT2D eigenvalue weighted by Crippen LogP contribution is -2.64. The molecule has 0 unspecified atom stereocenters. The molecule has 4 atom stereocenters. The molecule has 4 heteroatoms. The molecule has 4 bridgehead atoms. The van der Waals surface area contributed by atoms with Crippen LogP contribution in [0.3, 0.4) is 0 Å². The number of ether oxygens (including phenoxy) is 1. The molecule has 2 heterocycles. The Balaban J connectivity index is 1.56. The van der Waals surface area contributed by atoms with Crippen molar-refractivity contribution in [3.8, 4) is 0 Å². The van der Waals surface area contributed by atoms with Gasteiger partial charge in [0, 0.05) is 27.9 Å². The highest BCUT2D eigenvalue weighted by atomic mass is 16.5. The van der Waals surface area contributed by atoms with Crippen molar-refractivity contribution >= 4 is 5.91 Å². The first-order valence-corrected chi connectivity index (χ1v) is 9.68. The molecule has 2 saturated carbocycles. The molecule has 2 saturated heterocycles. The van der Waals surface area contributed by atoms with Crippen LogP contribution in [0.4, 0.5) is 0 Å². The molecule has 2 aliphatic carbocycles. The van der Waals surface area contributed by atoms with Crippen LogP contribution >= 0.6 is 0 Å². The number of hydrogen-bond donors (Lipinski definition) is 2. The first-order chi connectivity index (χ1) is 10.9. The smallest absolute Gasteiger partial charge is 0.253 e. The van der Waals surface area contributed by atoms with Crippen LogP contribution in [0.25, 0.3) is 0 Å². The summed E-state index contributed by atoms with van der Waals surface area (Å²) in [6, 6.07) is 0.219. The number of carbonyl (C=O) groups excluding carboxylic acids is 1. The van der Waals surface area contributed by atoms with Crippen LogP contribution in [0.2, 0.25) is 0 Å². The number of nitrogens with one attached hydrogen (secondary N) is 2. The van der Waals surface area contributed by atoms with Crippen LogP contribution in [-0.4, -0.2) is 35.2 Å². The van der Waals surface area contributed by atoms with E-state index >= 15 is 0 Å². The molecule has 4 nitrogen and oxygen atoms in total. The van der Waals surface area contributed by atoms with Crippen molar-refractivity contribution in [2.75, 3.05) is 6.61 Å². The third kappa shape index (κ3) is 1.96. The molecule has 2 aliphatic heterocycles. The van der Waals surface area contributed by atoms with Gasteiger partial charge in [-0.25, -0.2) is 0 Å². The Labute approximate surface area is 146 Å². The molecule has 4 aliphatic rings.